The van der Waals surface area contributed by atoms with E-state index in [4.69, 9.17) is 4.42 Å². The molecule has 150 valence electrons. The first-order valence-electron chi connectivity index (χ1n) is 9.96. The highest BCUT2D eigenvalue weighted by Gasteiger charge is 2.27. The zero-order chi connectivity index (χ0) is 20.5. The molecular formula is C23H25N3O3. The smallest absolute Gasteiger partial charge is 0.255 e. The second kappa shape index (κ2) is 7.70. The van der Waals surface area contributed by atoms with Crippen molar-refractivity contribution >= 4 is 22.7 Å². The van der Waals surface area contributed by atoms with E-state index in [2.05, 4.69) is 10.3 Å². The monoisotopic (exact) mass is 391 g/mol. The summed E-state index contributed by atoms with van der Waals surface area (Å²) in [6.07, 6.45) is 1.46. The number of aromatic nitrogens is 1. The lowest BCUT2D eigenvalue weighted by Crippen LogP contribution is -2.46. The van der Waals surface area contributed by atoms with Crippen molar-refractivity contribution in [2.75, 3.05) is 13.1 Å². The number of hydrogen-bond acceptors (Lipinski definition) is 4. The average Bonchev–Trinajstić information content (AvgIpc) is 3.05. The molecule has 0 bridgehead atoms. The molecule has 0 radical (unpaired) electrons. The van der Waals surface area contributed by atoms with Crippen LogP contribution in [0.25, 0.3) is 10.9 Å². The van der Waals surface area contributed by atoms with E-state index in [-0.39, 0.29) is 17.9 Å². The molecule has 6 nitrogen and oxygen atoms in total. The van der Waals surface area contributed by atoms with E-state index in [1.54, 1.807) is 13.0 Å². The molecule has 0 saturated carbocycles. The Hall–Kier alpha value is -3.15. The molecule has 1 aliphatic heterocycles. The highest BCUT2D eigenvalue weighted by molar-refractivity contribution is 5.99. The number of amides is 2. The highest BCUT2D eigenvalue weighted by atomic mass is 16.3. The molecule has 2 amide bonds. The molecule has 4 rings (SSSR count). The van der Waals surface area contributed by atoms with Crippen LogP contribution in [0.3, 0.4) is 0 Å². The predicted molar refractivity (Wildman–Crippen MR) is 111 cm³/mol. The second-order valence-electron chi connectivity index (χ2n) is 7.68. The maximum absolute atomic E-state index is 13.0. The van der Waals surface area contributed by atoms with Gasteiger partial charge >= 0.3 is 0 Å². The SMILES string of the molecule is Cc1cc(C(=O)NC2CCN(C(=O)c3cc4ccccc4nc3C)CC2)c(C)o1. The normalized spacial score (nSPS) is 14.9. The summed E-state index contributed by atoms with van der Waals surface area (Å²) in [5.74, 6) is 1.25. The number of pyridine rings is 1. The van der Waals surface area contributed by atoms with Crippen LogP contribution in [-0.2, 0) is 0 Å². The fraction of sp³-hybridized carbons (Fsp3) is 0.348. The molecule has 29 heavy (non-hydrogen) atoms. The third-order valence-electron chi connectivity index (χ3n) is 5.55. The van der Waals surface area contributed by atoms with Gasteiger partial charge in [0, 0.05) is 24.5 Å². The molecule has 2 aromatic heterocycles. The first kappa shape index (κ1) is 19.2. The molecule has 0 aliphatic carbocycles. The number of aryl methyl sites for hydroxylation is 3. The summed E-state index contributed by atoms with van der Waals surface area (Å²) in [6, 6.07) is 11.6. The van der Waals surface area contributed by atoms with Gasteiger partial charge in [0.05, 0.1) is 22.3 Å². The van der Waals surface area contributed by atoms with E-state index in [1.165, 1.54) is 0 Å². The van der Waals surface area contributed by atoms with E-state index < -0.39 is 0 Å². The molecule has 0 unspecified atom stereocenters. The first-order chi connectivity index (χ1) is 13.9. The Balaban J connectivity index is 1.40. The van der Waals surface area contributed by atoms with Crippen molar-refractivity contribution in [1.82, 2.24) is 15.2 Å². The number of carbonyl (C=O) groups is 2. The van der Waals surface area contributed by atoms with Crippen molar-refractivity contribution in [2.24, 2.45) is 0 Å². The number of para-hydroxylation sites is 1. The van der Waals surface area contributed by atoms with E-state index in [9.17, 15) is 9.59 Å². The number of benzene rings is 1. The lowest BCUT2D eigenvalue weighted by atomic mass is 10.0. The molecule has 1 aromatic carbocycles. The number of rotatable bonds is 3. The maximum atomic E-state index is 13.0. The van der Waals surface area contributed by atoms with Gasteiger partial charge in [-0.3, -0.25) is 14.6 Å². The number of furan rings is 1. The second-order valence-corrected chi connectivity index (χ2v) is 7.68. The summed E-state index contributed by atoms with van der Waals surface area (Å²) < 4.78 is 5.44. The Labute approximate surface area is 169 Å². The van der Waals surface area contributed by atoms with Crippen LogP contribution in [0.4, 0.5) is 0 Å². The largest absolute Gasteiger partial charge is 0.466 e. The Bertz CT molecular complexity index is 1080. The molecular weight excluding hydrogens is 366 g/mol. The van der Waals surface area contributed by atoms with Crippen molar-refractivity contribution in [1.29, 1.82) is 0 Å². The maximum Gasteiger partial charge on any atom is 0.255 e. The Kier molecular flexibility index (Phi) is 5.09. The van der Waals surface area contributed by atoms with Crippen molar-refractivity contribution < 1.29 is 14.0 Å². The Morgan fingerprint density at radius 1 is 1.07 bits per heavy atom. The molecule has 1 N–H and O–H groups in total. The van der Waals surface area contributed by atoms with E-state index in [0.29, 0.717) is 30.0 Å². The predicted octanol–water partition coefficient (Wildman–Crippen LogP) is 3.79. The minimum atomic E-state index is -0.112. The fourth-order valence-corrected chi connectivity index (χ4v) is 3.95. The summed E-state index contributed by atoms with van der Waals surface area (Å²) >= 11 is 0. The number of carbonyl (C=O) groups excluding carboxylic acids is 2. The van der Waals surface area contributed by atoms with Gasteiger partial charge in [-0.25, -0.2) is 0 Å². The van der Waals surface area contributed by atoms with Gasteiger partial charge in [0.15, 0.2) is 0 Å². The van der Waals surface area contributed by atoms with Crippen molar-refractivity contribution in [3.05, 3.63) is 64.7 Å². The van der Waals surface area contributed by atoms with E-state index in [0.717, 1.165) is 35.2 Å². The van der Waals surface area contributed by atoms with Gasteiger partial charge in [0.1, 0.15) is 11.5 Å². The summed E-state index contributed by atoms with van der Waals surface area (Å²) in [6.45, 7) is 6.72. The average molecular weight is 391 g/mol. The van der Waals surface area contributed by atoms with Gasteiger partial charge in [-0.15, -0.1) is 0 Å². The molecule has 1 aliphatic rings. The van der Waals surface area contributed by atoms with Crippen LogP contribution in [0, 0.1) is 20.8 Å². The summed E-state index contributed by atoms with van der Waals surface area (Å²) in [4.78, 5) is 32.0. The van der Waals surface area contributed by atoms with Crippen LogP contribution in [-0.4, -0.2) is 40.8 Å². The first-order valence-corrected chi connectivity index (χ1v) is 9.96. The summed E-state index contributed by atoms with van der Waals surface area (Å²) in [7, 11) is 0. The molecule has 1 saturated heterocycles. The fourth-order valence-electron chi connectivity index (χ4n) is 3.95. The van der Waals surface area contributed by atoms with Crippen molar-refractivity contribution in [2.45, 2.75) is 39.7 Å². The Morgan fingerprint density at radius 3 is 2.48 bits per heavy atom. The van der Waals surface area contributed by atoms with Gasteiger partial charge < -0.3 is 14.6 Å². The zero-order valence-electron chi connectivity index (χ0n) is 17.0. The third-order valence-corrected chi connectivity index (χ3v) is 5.55. The van der Waals surface area contributed by atoms with E-state index in [1.807, 2.05) is 49.1 Å². The van der Waals surface area contributed by atoms with Gasteiger partial charge in [-0.1, -0.05) is 18.2 Å². The van der Waals surface area contributed by atoms with Gasteiger partial charge in [0.25, 0.3) is 11.8 Å². The molecule has 0 spiro atoms. The topological polar surface area (TPSA) is 75.4 Å². The number of nitrogens with zero attached hydrogens (tertiary/aromatic N) is 2. The number of piperidine rings is 1. The zero-order valence-corrected chi connectivity index (χ0v) is 17.0. The van der Waals surface area contributed by atoms with Crippen LogP contribution in [0.5, 0.6) is 0 Å². The minimum absolute atomic E-state index is 0.00633. The third kappa shape index (κ3) is 3.88. The lowest BCUT2D eigenvalue weighted by molar-refractivity contribution is 0.0697. The number of nitrogens with one attached hydrogen (secondary N) is 1. The number of fused-ring (bicyclic) bond motifs is 1. The van der Waals surface area contributed by atoms with Gasteiger partial charge in [-0.2, -0.15) is 0 Å². The van der Waals surface area contributed by atoms with Gasteiger partial charge in [-0.05, 0) is 51.8 Å². The summed E-state index contributed by atoms with van der Waals surface area (Å²) in [5.41, 5.74) is 2.87. The molecule has 3 heterocycles. The standard InChI is InChI=1S/C23H25N3O3/c1-14-12-20(16(3)29-14)22(27)25-18-8-10-26(11-9-18)23(28)19-13-17-6-4-5-7-21(17)24-15(19)2/h4-7,12-13,18H,8-11H2,1-3H3,(H,25,27). The van der Waals surface area contributed by atoms with Crippen LogP contribution >= 0.6 is 0 Å². The van der Waals surface area contributed by atoms with Crippen molar-refractivity contribution in [3.8, 4) is 0 Å². The number of likely N-dealkylation sites (tertiary alicyclic amines) is 1. The highest BCUT2D eigenvalue weighted by Crippen LogP contribution is 2.21. The Morgan fingerprint density at radius 2 is 1.79 bits per heavy atom. The lowest BCUT2D eigenvalue weighted by Gasteiger charge is -2.32. The quantitative estimate of drug-likeness (QED) is 0.737. The van der Waals surface area contributed by atoms with Crippen LogP contribution < -0.4 is 5.32 Å². The molecule has 0 atom stereocenters. The van der Waals surface area contributed by atoms with Crippen LogP contribution in [0.15, 0.2) is 40.8 Å². The van der Waals surface area contributed by atoms with Crippen molar-refractivity contribution in [3.63, 3.8) is 0 Å². The molecule has 1 fully saturated rings. The number of hydrogen-bond donors (Lipinski definition) is 1. The summed E-state index contributed by atoms with van der Waals surface area (Å²) in [5, 5.41) is 4.04. The van der Waals surface area contributed by atoms with E-state index >= 15 is 0 Å². The van der Waals surface area contributed by atoms with Crippen LogP contribution in [0.1, 0.15) is 50.8 Å². The minimum Gasteiger partial charge on any atom is -0.466 e. The molecule has 6 heteroatoms. The molecule has 3 aromatic rings. The van der Waals surface area contributed by atoms with Crippen LogP contribution in [0.2, 0.25) is 0 Å². The van der Waals surface area contributed by atoms with Gasteiger partial charge in [0.2, 0.25) is 0 Å².